The maximum Gasteiger partial charge on any atom is 0.125 e. The van der Waals surface area contributed by atoms with E-state index in [1.165, 1.54) is 22.3 Å². The van der Waals surface area contributed by atoms with Crippen LogP contribution in [-0.2, 0) is 19.4 Å². The molecule has 0 amide bonds. The molecular weight excluding hydrogens is 234 g/mol. The number of furan rings is 1. The van der Waals surface area contributed by atoms with Gasteiger partial charge in [0.2, 0.25) is 0 Å². The van der Waals surface area contributed by atoms with Crippen LogP contribution in [0.5, 0.6) is 0 Å². The molecule has 19 heavy (non-hydrogen) atoms. The fourth-order valence-corrected chi connectivity index (χ4v) is 2.44. The molecule has 0 aliphatic heterocycles. The minimum absolute atomic E-state index is 0.788. The molecule has 0 radical (unpaired) electrons. The molecular formula is C17H23NO. The van der Waals surface area contributed by atoms with Gasteiger partial charge in [0.25, 0.3) is 0 Å². The highest BCUT2D eigenvalue weighted by Crippen LogP contribution is 2.27. The Balaban J connectivity index is 2.33. The average Bonchev–Trinajstić information content (AvgIpc) is 2.92. The SMILES string of the molecule is CCNCc1occc1-c1ccc(CC)c(CC)c1. The van der Waals surface area contributed by atoms with Gasteiger partial charge in [0, 0.05) is 5.56 Å². The van der Waals surface area contributed by atoms with Crippen LogP contribution in [0.25, 0.3) is 11.1 Å². The predicted molar refractivity (Wildman–Crippen MR) is 80.3 cm³/mol. The third-order valence-corrected chi connectivity index (χ3v) is 3.56. The third-order valence-electron chi connectivity index (χ3n) is 3.56. The molecule has 2 heteroatoms. The zero-order valence-electron chi connectivity index (χ0n) is 12.1. The first kappa shape index (κ1) is 13.9. The first-order valence-corrected chi connectivity index (χ1v) is 7.19. The molecule has 0 saturated heterocycles. The number of benzene rings is 1. The Morgan fingerprint density at radius 1 is 1.00 bits per heavy atom. The molecule has 0 aliphatic carbocycles. The van der Waals surface area contributed by atoms with Crippen LogP contribution in [0.1, 0.15) is 37.7 Å². The maximum absolute atomic E-state index is 5.59. The van der Waals surface area contributed by atoms with Gasteiger partial charge in [0.05, 0.1) is 12.8 Å². The van der Waals surface area contributed by atoms with Crippen molar-refractivity contribution in [2.45, 2.75) is 40.2 Å². The maximum atomic E-state index is 5.59. The van der Waals surface area contributed by atoms with Crippen LogP contribution in [0.3, 0.4) is 0 Å². The molecule has 0 spiro atoms. The summed E-state index contributed by atoms with van der Waals surface area (Å²) < 4.78 is 5.59. The Labute approximate surface area is 115 Å². The Morgan fingerprint density at radius 2 is 1.79 bits per heavy atom. The summed E-state index contributed by atoms with van der Waals surface area (Å²) in [5.41, 5.74) is 5.35. The van der Waals surface area contributed by atoms with Crippen molar-refractivity contribution < 1.29 is 4.42 Å². The normalized spacial score (nSPS) is 10.9. The molecule has 1 N–H and O–H groups in total. The van der Waals surface area contributed by atoms with Gasteiger partial charge in [0.15, 0.2) is 0 Å². The van der Waals surface area contributed by atoms with E-state index in [-0.39, 0.29) is 0 Å². The molecule has 2 aromatic rings. The largest absolute Gasteiger partial charge is 0.467 e. The molecule has 2 rings (SSSR count). The van der Waals surface area contributed by atoms with Crippen molar-refractivity contribution in [3.63, 3.8) is 0 Å². The van der Waals surface area contributed by atoms with Crippen molar-refractivity contribution in [3.8, 4) is 11.1 Å². The van der Waals surface area contributed by atoms with Gasteiger partial charge in [-0.1, -0.05) is 39.0 Å². The number of aryl methyl sites for hydroxylation is 2. The quantitative estimate of drug-likeness (QED) is 0.839. The Bertz CT molecular complexity index is 528. The van der Waals surface area contributed by atoms with Gasteiger partial charge < -0.3 is 9.73 Å². The molecule has 1 aromatic carbocycles. The van der Waals surface area contributed by atoms with E-state index in [2.05, 4.69) is 50.4 Å². The minimum atomic E-state index is 0.788. The van der Waals surface area contributed by atoms with Gasteiger partial charge in [-0.2, -0.15) is 0 Å². The Kier molecular flexibility index (Phi) is 4.80. The third kappa shape index (κ3) is 3.07. The molecule has 2 nitrogen and oxygen atoms in total. The summed E-state index contributed by atoms with van der Waals surface area (Å²) in [5, 5.41) is 3.32. The van der Waals surface area contributed by atoms with Gasteiger partial charge in [0.1, 0.15) is 5.76 Å². The second-order valence-electron chi connectivity index (χ2n) is 4.73. The lowest BCUT2D eigenvalue weighted by Crippen LogP contribution is -2.11. The molecule has 0 fully saturated rings. The van der Waals surface area contributed by atoms with Crippen molar-refractivity contribution >= 4 is 0 Å². The first-order valence-electron chi connectivity index (χ1n) is 7.19. The highest BCUT2D eigenvalue weighted by molar-refractivity contribution is 5.66. The number of rotatable bonds is 6. The van der Waals surface area contributed by atoms with Crippen LogP contribution < -0.4 is 5.32 Å². The van der Waals surface area contributed by atoms with E-state index in [1.54, 1.807) is 6.26 Å². The standard InChI is InChI=1S/C17H23NO/c1-4-13-7-8-15(11-14(13)5-2)16-9-10-19-17(16)12-18-6-3/h7-11,18H,4-6,12H2,1-3H3. The second kappa shape index (κ2) is 6.58. The van der Waals surface area contributed by atoms with Gasteiger partial charge in [-0.15, -0.1) is 0 Å². The number of hydrogen-bond acceptors (Lipinski definition) is 2. The van der Waals surface area contributed by atoms with Gasteiger partial charge >= 0.3 is 0 Å². The highest BCUT2D eigenvalue weighted by Gasteiger charge is 2.10. The van der Waals surface area contributed by atoms with Crippen molar-refractivity contribution in [1.82, 2.24) is 5.32 Å². The van der Waals surface area contributed by atoms with Crippen LogP contribution in [0, 0.1) is 0 Å². The molecule has 0 saturated carbocycles. The number of nitrogens with one attached hydrogen (secondary N) is 1. The van der Waals surface area contributed by atoms with Crippen molar-refractivity contribution in [2.24, 2.45) is 0 Å². The fraction of sp³-hybridized carbons (Fsp3) is 0.412. The summed E-state index contributed by atoms with van der Waals surface area (Å²) in [6.45, 7) is 8.27. The summed E-state index contributed by atoms with van der Waals surface area (Å²) in [6.07, 6.45) is 3.96. The molecule has 0 bridgehead atoms. The summed E-state index contributed by atoms with van der Waals surface area (Å²) in [5.74, 6) is 1.02. The fourth-order valence-electron chi connectivity index (χ4n) is 2.44. The summed E-state index contributed by atoms with van der Waals surface area (Å²) in [7, 11) is 0. The average molecular weight is 257 g/mol. The van der Waals surface area contributed by atoms with Crippen molar-refractivity contribution in [1.29, 1.82) is 0 Å². The summed E-state index contributed by atoms with van der Waals surface area (Å²) in [6, 6.07) is 8.82. The second-order valence-corrected chi connectivity index (χ2v) is 4.73. The van der Waals surface area contributed by atoms with Gasteiger partial charge in [-0.05, 0) is 42.1 Å². The van der Waals surface area contributed by atoms with E-state index in [0.717, 1.165) is 31.7 Å². The lowest BCUT2D eigenvalue weighted by atomic mass is 9.96. The van der Waals surface area contributed by atoms with Crippen LogP contribution in [0.2, 0.25) is 0 Å². The molecule has 1 heterocycles. The van der Waals surface area contributed by atoms with E-state index in [9.17, 15) is 0 Å². The van der Waals surface area contributed by atoms with Crippen LogP contribution >= 0.6 is 0 Å². The monoisotopic (exact) mass is 257 g/mol. The smallest absolute Gasteiger partial charge is 0.125 e. The molecule has 0 aliphatic rings. The predicted octanol–water partition coefficient (Wildman–Crippen LogP) is 4.18. The minimum Gasteiger partial charge on any atom is -0.467 e. The molecule has 1 aromatic heterocycles. The highest BCUT2D eigenvalue weighted by atomic mass is 16.3. The van der Waals surface area contributed by atoms with Gasteiger partial charge in [-0.25, -0.2) is 0 Å². The van der Waals surface area contributed by atoms with Gasteiger partial charge in [-0.3, -0.25) is 0 Å². The van der Waals surface area contributed by atoms with Crippen molar-refractivity contribution in [3.05, 3.63) is 47.4 Å². The van der Waals surface area contributed by atoms with E-state index < -0.39 is 0 Å². The zero-order chi connectivity index (χ0) is 13.7. The van der Waals surface area contributed by atoms with Crippen LogP contribution in [0.4, 0.5) is 0 Å². The molecule has 102 valence electrons. The molecule has 0 atom stereocenters. The molecule has 0 unspecified atom stereocenters. The lowest BCUT2D eigenvalue weighted by Gasteiger charge is -2.09. The lowest BCUT2D eigenvalue weighted by molar-refractivity contribution is 0.489. The van der Waals surface area contributed by atoms with Crippen LogP contribution in [-0.4, -0.2) is 6.54 Å². The van der Waals surface area contributed by atoms with Crippen molar-refractivity contribution in [2.75, 3.05) is 6.54 Å². The zero-order valence-corrected chi connectivity index (χ0v) is 12.1. The Morgan fingerprint density at radius 3 is 2.47 bits per heavy atom. The summed E-state index contributed by atoms with van der Waals surface area (Å²) in [4.78, 5) is 0. The Hall–Kier alpha value is -1.54. The first-order chi connectivity index (χ1) is 9.30. The number of hydrogen-bond donors (Lipinski definition) is 1. The summed E-state index contributed by atoms with van der Waals surface area (Å²) >= 11 is 0. The van der Waals surface area contributed by atoms with E-state index in [0.29, 0.717) is 0 Å². The topological polar surface area (TPSA) is 25.2 Å². The van der Waals surface area contributed by atoms with Crippen LogP contribution in [0.15, 0.2) is 34.9 Å². The van der Waals surface area contributed by atoms with E-state index >= 15 is 0 Å². The van der Waals surface area contributed by atoms with E-state index in [4.69, 9.17) is 4.42 Å². The van der Waals surface area contributed by atoms with E-state index in [1.807, 2.05) is 0 Å².